The Kier molecular flexibility index (Phi) is 5.11. The van der Waals surface area contributed by atoms with E-state index < -0.39 is 0 Å². The molecule has 108 valence electrons. The maximum atomic E-state index is 9.21. The number of aromatic nitrogens is 2. The van der Waals surface area contributed by atoms with Crippen molar-refractivity contribution in [3.8, 4) is 0 Å². The van der Waals surface area contributed by atoms with E-state index in [1.165, 1.54) is 0 Å². The smallest absolute Gasteiger partial charge is 0.135 e. The van der Waals surface area contributed by atoms with E-state index in [0.29, 0.717) is 12.2 Å². The Bertz CT molecular complexity index is 426. The van der Waals surface area contributed by atoms with Gasteiger partial charge in [-0.3, -0.25) is 0 Å². The van der Waals surface area contributed by atoms with Gasteiger partial charge in [-0.25, -0.2) is 9.97 Å². The maximum Gasteiger partial charge on any atom is 0.135 e. The minimum Gasteiger partial charge on any atom is -0.396 e. The highest BCUT2D eigenvalue weighted by Crippen LogP contribution is 2.27. The van der Waals surface area contributed by atoms with Crippen LogP contribution in [0.3, 0.4) is 0 Å². The third-order valence-electron chi connectivity index (χ3n) is 3.32. The van der Waals surface area contributed by atoms with Crippen LogP contribution in [-0.4, -0.2) is 27.7 Å². The van der Waals surface area contributed by atoms with Gasteiger partial charge in [0.05, 0.1) is 0 Å². The zero-order valence-corrected chi connectivity index (χ0v) is 12.6. The largest absolute Gasteiger partial charge is 0.396 e. The molecule has 4 N–H and O–H groups in total. The van der Waals surface area contributed by atoms with Crippen LogP contribution in [0.1, 0.15) is 45.5 Å². The van der Waals surface area contributed by atoms with Gasteiger partial charge in [0.15, 0.2) is 0 Å². The zero-order chi connectivity index (χ0) is 14.6. The number of aryl methyl sites for hydroxylation is 1. The normalized spacial score (nSPS) is 13.4. The van der Waals surface area contributed by atoms with Crippen LogP contribution < -0.4 is 11.1 Å². The summed E-state index contributed by atoms with van der Waals surface area (Å²) in [7, 11) is 0. The average Bonchev–Trinajstić information content (AvgIpc) is 2.32. The fourth-order valence-electron chi connectivity index (χ4n) is 1.90. The summed E-state index contributed by atoms with van der Waals surface area (Å²) in [4.78, 5) is 8.75. The third kappa shape index (κ3) is 4.06. The molecule has 0 amide bonds. The van der Waals surface area contributed by atoms with E-state index in [4.69, 9.17) is 5.73 Å². The van der Waals surface area contributed by atoms with Crippen LogP contribution in [0.5, 0.6) is 0 Å². The maximum absolute atomic E-state index is 9.21. The fourth-order valence-corrected chi connectivity index (χ4v) is 1.90. The number of hydrogen-bond donors (Lipinski definition) is 3. The van der Waals surface area contributed by atoms with Gasteiger partial charge in [-0.15, -0.1) is 0 Å². The summed E-state index contributed by atoms with van der Waals surface area (Å²) in [5, 5.41) is 12.6. The molecule has 0 aliphatic carbocycles. The summed E-state index contributed by atoms with van der Waals surface area (Å²) in [6.07, 6.45) is 1.42. The summed E-state index contributed by atoms with van der Waals surface area (Å²) in [6.45, 7) is 10.5. The summed E-state index contributed by atoms with van der Waals surface area (Å²) in [5.41, 5.74) is 6.81. The number of aliphatic hydroxyl groups excluding tert-OH is 1. The minimum absolute atomic E-state index is 0.0290. The SMILES string of the molecule is CCc1nc(N)c(C)c(NC(CCO)C(C)(C)C)n1. The fraction of sp³-hybridized carbons (Fsp3) is 0.714. The number of anilines is 2. The number of aliphatic hydroxyl groups is 1. The van der Waals surface area contributed by atoms with Gasteiger partial charge in [0.25, 0.3) is 0 Å². The number of nitrogens with one attached hydrogen (secondary N) is 1. The second kappa shape index (κ2) is 6.19. The van der Waals surface area contributed by atoms with Gasteiger partial charge >= 0.3 is 0 Å². The highest BCUT2D eigenvalue weighted by molar-refractivity contribution is 5.55. The van der Waals surface area contributed by atoms with Gasteiger partial charge in [0.1, 0.15) is 17.5 Å². The van der Waals surface area contributed by atoms with Crippen LogP contribution in [0.25, 0.3) is 0 Å². The number of nitrogens with two attached hydrogens (primary N) is 1. The molecular weight excluding hydrogens is 240 g/mol. The second-order valence-corrected chi connectivity index (χ2v) is 5.93. The predicted octanol–water partition coefficient (Wildman–Crippen LogP) is 2.14. The zero-order valence-electron chi connectivity index (χ0n) is 12.6. The van der Waals surface area contributed by atoms with Crippen LogP contribution in [0.15, 0.2) is 0 Å². The Hall–Kier alpha value is -1.36. The van der Waals surface area contributed by atoms with Crippen molar-refractivity contribution in [2.45, 2.75) is 53.5 Å². The number of rotatable bonds is 5. The van der Waals surface area contributed by atoms with Gasteiger partial charge < -0.3 is 16.2 Å². The van der Waals surface area contributed by atoms with Gasteiger partial charge in [-0.1, -0.05) is 27.7 Å². The predicted molar refractivity (Wildman–Crippen MR) is 79.1 cm³/mol. The molecule has 0 aliphatic rings. The summed E-state index contributed by atoms with van der Waals surface area (Å²) in [5.74, 6) is 2.03. The Morgan fingerprint density at radius 1 is 1.32 bits per heavy atom. The molecule has 1 atom stereocenters. The molecule has 0 bridgehead atoms. The summed E-state index contributed by atoms with van der Waals surface area (Å²) >= 11 is 0. The average molecular weight is 266 g/mol. The van der Waals surface area contributed by atoms with Crippen LogP contribution in [0.4, 0.5) is 11.6 Å². The molecule has 1 aromatic heterocycles. The Balaban J connectivity index is 3.05. The van der Waals surface area contributed by atoms with Crippen molar-refractivity contribution in [3.63, 3.8) is 0 Å². The molecule has 1 aromatic rings. The lowest BCUT2D eigenvalue weighted by Gasteiger charge is -2.32. The Morgan fingerprint density at radius 2 is 1.95 bits per heavy atom. The Labute approximate surface area is 115 Å². The lowest BCUT2D eigenvalue weighted by Crippen LogP contribution is -2.35. The second-order valence-electron chi connectivity index (χ2n) is 5.93. The first-order valence-electron chi connectivity index (χ1n) is 6.80. The molecule has 0 fully saturated rings. The standard InChI is InChI=1S/C14H26N4O/c1-6-11-17-12(15)9(2)13(18-11)16-10(7-8-19)14(3,4)5/h10,19H,6-8H2,1-5H3,(H3,15,16,17,18). The highest BCUT2D eigenvalue weighted by atomic mass is 16.3. The van der Waals surface area contributed by atoms with Crippen molar-refractivity contribution >= 4 is 11.6 Å². The van der Waals surface area contributed by atoms with Gasteiger partial charge in [-0.2, -0.15) is 0 Å². The Morgan fingerprint density at radius 3 is 2.42 bits per heavy atom. The quantitative estimate of drug-likeness (QED) is 0.760. The van der Waals surface area contributed by atoms with Crippen molar-refractivity contribution in [1.29, 1.82) is 0 Å². The van der Waals surface area contributed by atoms with Crippen molar-refractivity contribution in [1.82, 2.24) is 9.97 Å². The summed E-state index contributed by atoms with van der Waals surface area (Å²) in [6, 6.07) is 0.134. The van der Waals surface area contributed by atoms with E-state index >= 15 is 0 Å². The topological polar surface area (TPSA) is 84.1 Å². The molecule has 5 heteroatoms. The lowest BCUT2D eigenvalue weighted by molar-refractivity contribution is 0.235. The van der Waals surface area contributed by atoms with E-state index in [1.807, 2.05) is 13.8 Å². The molecule has 0 aliphatic heterocycles. The van der Waals surface area contributed by atoms with Crippen LogP contribution in [-0.2, 0) is 6.42 Å². The first kappa shape index (κ1) is 15.7. The van der Waals surface area contributed by atoms with Crippen molar-refractivity contribution in [2.75, 3.05) is 17.7 Å². The van der Waals surface area contributed by atoms with Gasteiger partial charge in [0, 0.05) is 24.6 Å². The molecule has 0 aromatic carbocycles. The van der Waals surface area contributed by atoms with Gasteiger partial charge in [0.2, 0.25) is 0 Å². The van der Waals surface area contributed by atoms with E-state index in [-0.39, 0.29) is 18.1 Å². The monoisotopic (exact) mass is 266 g/mol. The van der Waals surface area contributed by atoms with Crippen molar-refractivity contribution in [2.24, 2.45) is 5.41 Å². The molecule has 1 rings (SSSR count). The molecule has 0 saturated heterocycles. The third-order valence-corrected chi connectivity index (χ3v) is 3.32. The summed E-state index contributed by atoms with van der Waals surface area (Å²) < 4.78 is 0. The van der Waals surface area contributed by atoms with Gasteiger partial charge in [-0.05, 0) is 18.8 Å². The first-order valence-corrected chi connectivity index (χ1v) is 6.80. The number of nitrogen functional groups attached to an aromatic ring is 1. The van der Waals surface area contributed by atoms with Crippen molar-refractivity contribution in [3.05, 3.63) is 11.4 Å². The van der Waals surface area contributed by atoms with Crippen molar-refractivity contribution < 1.29 is 5.11 Å². The first-order chi connectivity index (χ1) is 8.79. The highest BCUT2D eigenvalue weighted by Gasteiger charge is 2.25. The molecular formula is C14H26N4O. The molecule has 1 heterocycles. The van der Waals surface area contributed by atoms with E-state index in [1.54, 1.807) is 0 Å². The molecule has 0 radical (unpaired) electrons. The van der Waals surface area contributed by atoms with Crippen LogP contribution >= 0.6 is 0 Å². The molecule has 5 nitrogen and oxygen atoms in total. The van der Waals surface area contributed by atoms with Crippen LogP contribution in [0, 0.1) is 12.3 Å². The molecule has 0 saturated carbocycles. The molecule has 1 unspecified atom stereocenters. The molecule has 0 spiro atoms. The van der Waals surface area contributed by atoms with E-state index in [2.05, 4.69) is 36.1 Å². The van der Waals surface area contributed by atoms with Crippen LogP contribution in [0.2, 0.25) is 0 Å². The number of nitrogens with zero attached hydrogens (tertiary/aromatic N) is 2. The number of hydrogen-bond acceptors (Lipinski definition) is 5. The molecule has 19 heavy (non-hydrogen) atoms. The van der Waals surface area contributed by atoms with E-state index in [9.17, 15) is 5.11 Å². The lowest BCUT2D eigenvalue weighted by atomic mass is 9.85. The minimum atomic E-state index is 0.0290. The van der Waals surface area contributed by atoms with E-state index in [0.717, 1.165) is 23.6 Å².